The summed E-state index contributed by atoms with van der Waals surface area (Å²) in [5.41, 5.74) is 6.04. The lowest BCUT2D eigenvalue weighted by atomic mass is 9.33. The van der Waals surface area contributed by atoms with E-state index in [1.807, 2.05) is 69.3 Å². The minimum atomic E-state index is -1.73. The van der Waals surface area contributed by atoms with E-state index in [1.165, 1.54) is 13.0 Å². The van der Waals surface area contributed by atoms with Crippen molar-refractivity contribution in [2.45, 2.75) is 116 Å². The number of nitrogens with two attached hydrogens (primary N) is 2. The number of carboxylic acid groups (broad SMARTS) is 1. The molecule has 0 unspecified atom stereocenters. The van der Waals surface area contributed by atoms with Crippen molar-refractivity contribution >= 4 is 29.6 Å². The highest BCUT2D eigenvalue weighted by molar-refractivity contribution is 6.02. The van der Waals surface area contributed by atoms with Crippen molar-refractivity contribution in [3.05, 3.63) is 89.1 Å². The first-order valence-electron chi connectivity index (χ1n) is 21.2. The summed E-state index contributed by atoms with van der Waals surface area (Å²) < 4.78 is 0. The first-order valence-corrected chi connectivity index (χ1v) is 21.2. The van der Waals surface area contributed by atoms with Gasteiger partial charge in [0, 0.05) is 62.9 Å². The van der Waals surface area contributed by atoms with Crippen LogP contribution in [0.2, 0.25) is 0 Å². The number of aliphatic hydroxyl groups excluding tert-OH is 1. The van der Waals surface area contributed by atoms with Crippen LogP contribution in [0.15, 0.2) is 88.5 Å². The predicted molar refractivity (Wildman–Crippen MR) is 223 cm³/mol. The largest absolute Gasteiger partial charge is 0.478 e. The van der Waals surface area contributed by atoms with E-state index in [1.54, 1.807) is 12.2 Å². The second-order valence-electron chi connectivity index (χ2n) is 20.0. The number of ketones is 2. The fourth-order valence-corrected chi connectivity index (χ4v) is 15.0. The molecule has 310 valence electrons. The topological polar surface area (TPSA) is 197 Å². The third kappa shape index (κ3) is 5.06. The first-order chi connectivity index (χ1) is 27.2. The van der Waals surface area contributed by atoms with E-state index >= 15 is 4.79 Å². The summed E-state index contributed by atoms with van der Waals surface area (Å²) in [6, 6.07) is 9.16. The fourth-order valence-electron chi connectivity index (χ4n) is 15.0. The monoisotopic (exact) mass is 791 g/mol. The molecule has 3 fully saturated rings. The van der Waals surface area contributed by atoms with E-state index in [0.29, 0.717) is 24.0 Å². The molecule has 1 aromatic carbocycles. The zero-order chi connectivity index (χ0) is 42.0. The standard InChI is InChI=1S/C48H61N3O7/c1-27(40(55)56)24-33(52)36-28(2)45(21-18-32(36)51-41(49)50)26-46(57)22-23-47(58)31(17-16-29-12-8-7-9-13-29)38-42(3,4)35(54)19-20-43(38,5)37-34(53)25-48(45,30-14-10-11-15-30)44(46,6)39(37)47/h7-9,12-13,16-18,21-24,28,30-33,36,38,52,57-58H,10-11,14-15,19-20,25-26H2,1-6H3,(H,55,56)(H4,49,50,51)/b17-16+,27-24+/t28-,31+,32-,33-,36-,38-,43-,44-,45-,46+,47-,48-/m1/s1. The number of hydrogen-bond acceptors (Lipinski definition) is 7. The lowest BCUT2D eigenvalue weighted by Gasteiger charge is -2.70. The minimum absolute atomic E-state index is 0.0212. The van der Waals surface area contributed by atoms with Gasteiger partial charge in [0.2, 0.25) is 0 Å². The Morgan fingerprint density at radius 2 is 1.67 bits per heavy atom. The fraction of sp³-hybridized carbons (Fsp3) is 0.583. The number of nitrogens with zero attached hydrogens (tertiary/aromatic N) is 1. The molecule has 1 spiro atoms. The van der Waals surface area contributed by atoms with Gasteiger partial charge in [-0.15, -0.1) is 0 Å². The molecule has 3 saturated carbocycles. The Morgan fingerprint density at radius 3 is 2.31 bits per heavy atom. The SMILES string of the molecule is C/C(=C\[C@@H](O)[C@@H]1[C@@H](C)[C@@]2(C=C[C@H]1N=C(N)N)C[C@@]1(O)C=C[C@]3(O)C4=C(C(=O)C[C@@]2(C2CCCC2)[C@]41C)[C@@]1(C)CCC(=O)C(C)(C)[C@H]1[C@@H]3/C=C/c1ccccc1)C(=O)O. The quantitative estimate of drug-likeness (QED) is 0.0822. The second-order valence-corrected chi connectivity index (χ2v) is 20.0. The number of allylic oxidation sites excluding steroid dienone is 2. The molecule has 1 aromatic rings. The highest BCUT2D eigenvalue weighted by atomic mass is 16.4. The maximum absolute atomic E-state index is 15.8. The Hall–Kier alpha value is -4.12. The van der Waals surface area contributed by atoms with Gasteiger partial charge in [-0.1, -0.05) is 108 Å². The second kappa shape index (κ2) is 13.2. The van der Waals surface area contributed by atoms with Crippen LogP contribution < -0.4 is 11.5 Å². The van der Waals surface area contributed by atoms with E-state index in [9.17, 15) is 30.0 Å². The Labute approximate surface area is 342 Å². The van der Waals surface area contributed by atoms with Crippen molar-refractivity contribution in [1.29, 1.82) is 0 Å². The molecule has 0 radical (unpaired) electrons. The van der Waals surface area contributed by atoms with Crippen LogP contribution in [0.1, 0.15) is 98.5 Å². The van der Waals surface area contributed by atoms with Gasteiger partial charge in [0.25, 0.3) is 0 Å². The van der Waals surface area contributed by atoms with Crippen LogP contribution in [-0.2, 0) is 14.4 Å². The van der Waals surface area contributed by atoms with Crippen molar-refractivity contribution in [2.75, 3.05) is 0 Å². The molecule has 7 aliphatic rings. The molecule has 10 nitrogen and oxygen atoms in total. The molecule has 8 N–H and O–H groups in total. The molecule has 0 saturated heterocycles. The third-order valence-electron chi connectivity index (χ3n) is 17.3. The van der Waals surface area contributed by atoms with Gasteiger partial charge in [-0.25, -0.2) is 9.79 Å². The van der Waals surface area contributed by atoms with E-state index in [0.717, 1.165) is 31.2 Å². The normalized spacial score (nSPS) is 43.5. The lowest BCUT2D eigenvalue weighted by molar-refractivity contribution is -0.175. The molecule has 7 aliphatic carbocycles. The average molecular weight is 792 g/mol. The smallest absolute Gasteiger partial charge is 0.331 e. The van der Waals surface area contributed by atoms with Crippen LogP contribution >= 0.6 is 0 Å². The Bertz CT molecular complexity index is 2120. The van der Waals surface area contributed by atoms with Crippen molar-refractivity contribution in [3.63, 3.8) is 0 Å². The Kier molecular flexibility index (Phi) is 9.24. The molecule has 0 heterocycles. The molecule has 0 amide bonds. The van der Waals surface area contributed by atoms with E-state index in [4.69, 9.17) is 11.5 Å². The number of aliphatic carboxylic acids is 1. The number of aliphatic hydroxyl groups is 3. The zero-order valence-corrected chi connectivity index (χ0v) is 34.7. The Balaban J connectivity index is 1.43. The highest BCUT2D eigenvalue weighted by Gasteiger charge is 2.84. The number of carboxylic acids is 1. The van der Waals surface area contributed by atoms with Crippen LogP contribution in [0.4, 0.5) is 0 Å². The summed E-state index contributed by atoms with van der Waals surface area (Å²) >= 11 is 0. The molecular formula is C48H61N3O7. The van der Waals surface area contributed by atoms with Gasteiger partial charge in [-0.3, -0.25) is 9.59 Å². The zero-order valence-electron chi connectivity index (χ0n) is 34.7. The summed E-state index contributed by atoms with van der Waals surface area (Å²) in [6.07, 6.45) is 16.3. The molecule has 58 heavy (non-hydrogen) atoms. The summed E-state index contributed by atoms with van der Waals surface area (Å²) in [7, 11) is 0. The van der Waals surface area contributed by atoms with Crippen LogP contribution in [0, 0.1) is 56.7 Å². The van der Waals surface area contributed by atoms with Gasteiger partial charge in [0.15, 0.2) is 11.7 Å². The third-order valence-corrected chi connectivity index (χ3v) is 17.3. The van der Waals surface area contributed by atoms with Crippen LogP contribution in [0.5, 0.6) is 0 Å². The molecule has 0 aromatic heterocycles. The summed E-state index contributed by atoms with van der Waals surface area (Å²) in [6.45, 7) is 11.6. The number of guanidine groups is 1. The number of Topliss-reactive ketones (excluding diaryl/α,β-unsaturated/α-hetero) is 2. The molecule has 0 bridgehead atoms. The van der Waals surface area contributed by atoms with Gasteiger partial charge in [-0.2, -0.15) is 0 Å². The molecule has 0 aliphatic heterocycles. The highest BCUT2D eigenvalue weighted by Crippen LogP contribution is 2.84. The van der Waals surface area contributed by atoms with Crippen LogP contribution in [0.25, 0.3) is 6.08 Å². The molecule has 12 atom stereocenters. The van der Waals surface area contributed by atoms with Crippen molar-refractivity contribution in [1.82, 2.24) is 0 Å². The van der Waals surface area contributed by atoms with Crippen LogP contribution in [-0.4, -0.2) is 67.3 Å². The molecule has 8 rings (SSSR count). The van der Waals surface area contributed by atoms with Gasteiger partial charge in [0.05, 0.1) is 17.7 Å². The predicted octanol–water partition coefficient (Wildman–Crippen LogP) is 6.07. The summed E-state index contributed by atoms with van der Waals surface area (Å²) in [5.74, 6) is -3.55. The summed E-state index contributed by atoms with van der Waals surface area (Å²) in [5, 5.41) is 49.5. The maximum atomic E-state index is 15.8. The number of benzene rings is 1. The number of carbonyl (C=O) groups is 3. The number of aliphatic imine (C=N–C) groups is 1. The maximum Gasteiger partial charge on any atom is 0.331 e. The number of hydrogen-bond donors (Lipinski definition) is 6. The van der Waals surface area contributed by atoms with Gasteiger partial charge in [0.1, 0.15) is 11.4 Å². The first kappa shape index (κ1) is 40.7. The van der Waals surface area contributed by atoms with Crippen molar-refractivity contribution in [3.8, 4) is 0 Å². The van der Waals surface area contributed by atoms with E-state index in [-0.39, 0.29) is 41.9 Å². The Morgan fingerprint density at radius 1 is 1.00 bits per heavy atom. The van der Waals surface area contributed by atoms with E-state index < -0.39 is 80.1 Å². The van der Waals surface area contributed by atoms with Crippen molar-refractivity contribution in [2.24, 2.45) is 73.1 Å². The van der Waals surface area contributed by atoms with Gasteiger partial charge in [-0.05, 0) is 73.6 Å². The van der Waals surface area contributed by atoms with E-state index in [2.05, 4.69) is 24.9 Å². The average Bonchev–Trinajstić information content (AvgIpc) is 3.75. The molecular weight excluding hydrogens is 731 g/mol. The number of fused-ring (bicyclic) bond motifs is 3. The number of carbonyl (C=O) groups excluding carboxylic acids is 2. The van der Waals surface area contributed by atoms with Crippen molar-refractivity contribution < 1.29 is 34.8 Å². The molecule has 10 heteroatoms. The number of rotatable bonds is 7. The van der Waals surface area contributed by atoms with Gasteiger partial charge >= 0.3 is 5.97 Å². The van der Waals surface area contributed by atoms with Gasteiger partial charge < -0.3 is 31.9 Å². The lowest BCUT2D eigenvalue weighted by Crippen LogP contribution is -2.71. The van der Waals surface area contributed by atoms with Crippen LogP contribution in [0.3, 0.4) is 0 Å². The summed E-state index contributed by atoms with van der Waals surface area (Å²) in [4.78, 5) is 46.4. The minimum Gasteiger partial charge on any atom is -0.478 e.